The number of nitrogens with one attached hydrogen (secondary N) is 1. The third-order valence-electron chi connectivity index (χ3n) is 4.58. The second kappa shape index (κ2) is 7.39. The number of rotatable bonds is 6. The second-order valence-electron chi connectivity index (χ2n) is 6.04. The van der Waals surface area contributed by atoms with Gasteiger partial charge in [0.15, 0.2) is 0 Å². The minimum atomic E-state index is 0.0709. The zero-order valence-electron chi connectivity index (χ0n) is 14.2. The first-order valence-corrected chi connectivity index (χ1v) is 8.29. The van der Waals surface area contributed by atoms with Gasteiger partial charge in [-0.1, -0.05) is 24.3 Å². The Hall–Kier alpha value is -2.49. The van der Waals surface area contributed by atoms with Crippen LogP contribution in [0.5, 0.6) is 11.5 Å². The lowest BCUT2D eigenvalue weighted by molar-refractivity contribution is -0.121. The van der Waals surface area contributed by atoms with Gasteiger partial charge in [0.1, 0.15) is 11.5 Å². The summed E-state index contributed by atoms with van der Waals surface area (Å²) in [6.07, 6.45) is 3.07. The number of aryl methyl sites for hydroxylation is 2. The van der Waals surface area contributed by atoms with E-state index in [1.165, 1.54) is 11.1 Å². The summed E-state index contributed by atoms with van der Waals surface area (Å²) in [6.45, 7) is 0. The molecule has 24 heavy (non-hydrogen) atoms. The minimum Gasteiger partial charge on any atom is -0.497 e. The minimum absolute atomic E-state index is 0.0709. The van der Waals surface area contributed by atoms with E-state index >= 15 is 0 Å². The molecule has 2 aromatic rings. The monoisotopic (exact) mass is 325 g/mol. The maximum Gasteiger partial charge on any atom is 0.220 e. The number of benzene rings is 2. The van der Waals surface area contributed by atoms with Gasteiger partial charge in [0.2, 0.25) is 5.91 Å². The molecule has 0 radical (unpaired) electrons. The largest absolute Gasteiger partial charge is 0.497 e. The lowest BCUT2D eigenvalue weighted by Gasteiger charge is -2.15. The highest BCUT2D eigenvalue weighted by atomic mass is 16.5. The van der Waals surface area contributed by atoms with E-state index < -0.39 is 0 Å². The Bertz CT molecular complexity index is 727. The van der Waals surface area contributed by atoms with E-state index in [0.717, 1.165) is 29.9 Å². The number of fused-ring (bicyclic) bond motifs is 1. The summed E-state index contributed by atoms with van der Waals surface area (Å²) in [6, 6.07) is 14.1. The van der Waals surface area contributed by atoms with Crippen molar-refractivity contribution in [1.29, 1.82) is 0 Å². The Balaban J connectivity index is 1.61. The van der Waals surface area contributed by atoms with Gasteiger partial charge in [-0.15, -0.1) is 0 Å². The molecule has 4 heteroatoms. The van der Waals surface area contributed by atoms with Crippen LogP contribution in [0.15, 0.2) is 42.5 Å². The number of carbonyl (C=O) groups is 1. The highest BCUT2D eigenvalue weighted by Crippen LogP contribution is 2.31. The van der Waals surface area contributed by atoms with Crippen LogP contribution in [0.25, 0.3) is 0 Å². The molecule has 0 saturated carbocycles. The van der Waals surface area contributed by atoms with Crippen LogP contribution in [0.2, 0.25) is 0 Å². The van der Waals surface area contributed by atoms with Crippen molar-refractivity contribution in [2.45, 2.75) is 31.7 Å². The lowest BCUT2D eigenvalue weighted by Crippen LogP contribution is -2.27. The van der Waals surface area contributed by atoms with Gasteiger partial charge >= 0.3 is 0 Å². The number of ether oxygens (including phenoxy) is 2. The maximum absolute atomic E-state index is 12.4. The fourth-order valence-corrected chi connectivity index (χ4v) is 3.30. The van der Waals surface area contributed by atoms with E-state index in [4.69, 9.17) is 9.47 Å². The van der Waals surface area contributed by atoms with Crippen molar-refractivity contribution in [2.24, 2.45) is 0 Å². The molecule has 1 aliphatic carbocycles. The van der Waals surface area contributed by atoms with Gasteiger partial charge in [-0.3, -0.25) is 4.79 Å². The Morgan fingerprint density at radius 2 is 2.00 bits per heavy atom. The van der Waals surface area contributed by atoms with Gasteiger partial charge in [-0.25, -0.2) is 0 Å². The smallest absolute Gasteiger partial charge is 0.220 e. The molecular formula is C20H23NO3. The third kappa shape index (κ3) is 3.53. The number of hydrogen-bond donors (Lipinski definition) is 1. The van der Waals surface area contributed by atoms with Crippen LogP contribution < -0.4 is 14.8 Å². The van der Waals surface area contributed by atoms with Crippen LogP contribution in [0.1, 0.15) is 35.6 Å². The molecule has 0 bridgehead atoms. The van der Waals surface area contributed by atoms with Crippen molar-refractivity contribution < 1.29 is 14.3 Å². The lowest BCUT2D eigenvalue weighted by atomic mass is 10.1. The van der Waals surface area contributed by atoms with E-state index in [0.29, 0.717) is 12.8 Å². The van der Waals surface area contributed by atoms with Gasteiger partial charge in [0.05, 0.1) is 20.3 Å². The number of hydrogen-bond acceptors (Lipinski definition) is 3. The van der Waals surface area contributed by atoms with Gasteiger partial charge in [-0.2, -0.15) is 0 Å². The van der Waals surface area contributed by atoms with E-state index in [-0.39, 0.29) is 11.9 Å². The van der Waals surface area contributed by atoms with Gasteiger partial charge in [-0.05, 0) is 54.2 Å². The van der Waals surface area contributed by atoms with E-state index in [1.807, 2.05) is 24.3 Å². The molecule has 126 valence electrons. The standard InChI is InChI=1S/C20H23NO3/c1-23-16-9-11-19(24-2)15(13-16)8-12-20(22)21-18-10-7-14-5-3-4-6-17(14)18/h3-6,9,11,13,18H,7-8,10,12H2,1-2H3,(H,21,22). The van der Waals surface area contributed by atoms with Crippen molar-refractivity contribution >= 4 is 5.91 Å². The molecule has 0 fully saturated rings. The molecule has 0 aromatic heterocycles. The first-order valence-electron chi connectivity index (χ1n) is 8.29. The normalized spacial score (nSPS) is 15.7. The second-order valence-corrected chi connectivity index (χ2v) is 6.04. The average Bonchev–Trinajstić information content (AvgIpc) is 3.02. The molecule has 3 rings (SSSR count). The predicted molar refractivity (Wildman–Crippen MR) is 93.5 cm³/mol. The number of amides is 1. The first kappa shape index (κ1) is 16.4. The van der Waals surface area contributed by atoms with Crippen molar-refractivity contribution in [3.63, 3.8) is 0 Å². The van der Waals surface area contributed by atoms with Crippen molar-refractivity contribution in [3.05, 3.63) is 59.2 Å². The van der Waals surface area contributed by atoms with Crippen LogP contribution in [0.3, 0.4) is 0 Å². The molecule has 0 aliphatic heterocycles. The van der Waals surface area contributed by atoms with Gasteiger partial charge < -0.3 is 14.8 Å². The zero-order chi connectivity index (χ0) is 16.9. The summed E-state index contributed by atoms with van der Waals surface area (Å²) in [5.74, 6) is 1.63. The molecule has 1 N–H and O–H groups in total. The number of methoxy groups -OCH3 is 2. The Morgan fingerprint density at radius 1 is 1.17 bits per heavy atom. The molecule has 1 aliphatic rings. The zero-order valence-corrected chi connectivity index (χ0v) is 14.2. The summed E-state index contributed by atoms with van der Waals surface area (Å²) in [4.78, 5) is 12.4. The van der Waals surface area contributed by atoms with E-state index in [2.05, 4.69) is 23.5 Å². The highest BCUT2D eigenvalue weighted by molar-refractivity contribution is 5.77. The molecule has 4 nitrogen and oxygen atoms in total. The fraction of sp³-hybridized carbons (Fsp3) is 0.350. The van der Waals surface area contributed by atoms with Crippen LogP contribution in [-0.2, 0) is 17.6 Å². The predicted octanol–water partition coefficient (Wildman–Crippen LogP) is 3.44. The summed E-state index contributed by atoms with van der Waals surface area (Å²) in [5.41, 5.74) is 3.58. The SMILES string of the molecule is COc1ccc(OC)c(CCC(=O)NC2CCc3ccccc32)c1. The maximum atomic E-state index is 12.4. The molecule has 1 atom stereocenters. The summed E-state index contributed by atoms with van der Waals surface area (Å²) < 4.78 is 10.6. The fourth-order valence-electron chi connectivity index (χ4n) is 3.30. The van der Waals surface area contributed by atoms with Gasteiger partial charge in [0, 0.05) is 6.42 Å². The Kier molecular flexibility index (Phi) is 5.04. The van der Waals surface area contributed by atoms with Crippen LogP contribution >= 0.6 is 0 Å². The van der Waals surface area contributed by atoms with Crippen LogP contribution in [0, 0.1) is 0 Å². The van der Waals surface area contributed by atoms with Crippen molar-refractivity contribution in [2.75, 3.05) is 14.2 Å². The van der Waals surface area contributed by atoms with Gasteiger partial charge in [0.25, 0.3) is 0 Å². The molecule has 2 aromatic carbocycles. The molecule has 1 unspecified atom stereocenters. The van der Waals surface area contributed by atoms with Crippen LogP contribution in [0.4, 0.5) is 0 Å². The molecule has 0 heterocycles. The van der Waals surface area contributed by atoms with Crippen molar-refractivity contribution in [3.8, 4) is 11.5 Å². The number of carbonyl (C=O) groups excluding carboxylic acids is 1. The average molecular weight is 325 g/mol. The first-order chi connectivity index (χ1) is 11.7. The molecule has 1 amide bonds. The molecule has 0 spiro atoms. The summed E-state index contributed by atoms with van der Waals surface area (Å²) >= 11 is 0. The molecule has 0 saturated heterocycles. The summed E-state index contributed by atoms with van der Waals surface area (Å²) in [7, 11) is 3.27. The molecular weight excluding hydrogens is 302 g/mol. The quantitative estimate of drug-likeness (QED) is 0.885. The summed E-state index contributed by atoms with van der Waals surface area (Å²) in [5, 5.41) is 3.16. The topological polar surface area (TPSA) is 47.6 Å². The third-order valence-corrected chi connectivity index (χ3v) is 4.58. The van der Waals surface area contributed by atoms with E-state index in [1.54, 1.807) is 14.2 Å². The Morgan fingerprint density at radius 3 is 2.79 bits per heavy atom. The van der Waals surface area contributed by atoms with E-state index in [9.17, 15) is 4.79 Å². The van der Waals surface area contributed by atoms with Crippen molar-refractivity contribution in [1.82, 2.24) is 5.32 Å². The highest BCUT2D eigenvalue weighted by Gasteiger charge is 2.23. The van der Waals surface area contributed by atoms with Crippen LogP contribution in [-0.4, -0.2) is 20.1 Å². The Labute approximate surface area is 142 Å².